The predicted octanol–water partition coefficient (Wildman–Crippen LogP) is 3.91. The van der Waals surface area contributed by atoms with Crippen molar-refractivity contribution in [3.63, 3.8) is 0 Å². The van der Waals surface area contributed by atoms with Crippen molar-refractivity contribution in [3.8, 4) is 0 Å². The van der Waals surface area contributed by atoms with Crippen LogP contribution in [0, 0.1) is 0 Å². The van der Waals surface area contributed by atoms with Gasteiger partial charge >= 0.3 is 0 Å². The maximum absolute atomic E-state index is 5.52. The van der Waals surface area contributed by atoms with Gasteiger partial charge in [-0.15, -0.1) is 0 Å². The summed E-state index contributed by atoms with van der Waals surface area (Å²) in [7, 11) is 0. The quantitative estimate of drug-likeness (QED) is 0.338. The zero-order chi connectivity index (χ0) is 7.82. The van der Waals surface area contributed by atoms with Crippen molar-refractivity contribution >= 4 is 28.1 Å². The maximum atomic E-state index is 5.52. The summed E-state index contributed by atoms with van der Waals surface area (Å²) in [6, 6.07) is 0. The Labute approximate surface area is 74.0 Å². The summed E-state index contributed by atoms with van der Waals surface area (Å²) in [5, 5.41) is 0. The molecule has 0 radical (unpaired) electrons. The highest BCUT2D eigenvalue weighted by atomic mass is 35.5. The Kier molecular flexibility index (Phi) is 7.77. The molecule has 0 aromatic carbocycles. The molecule has 0 nitrogen and oxygen atoms in total. The molecule has 0 amide bonds. The SMILES string of the molecule is CCCCCCCC(=S)Cl. The molecule has 60 valence electrons. The molecule has 0 N–H and O–H groups in total. The van der Waals surface area contributed by atoms with Gasteiger partial charge < -0.3 is 0 Å². The van der Waals surface area contributed by atoms with Crippen molar-refractivity contribution < 1.29 is 0 Å². The fraction of sp³-hybridized carbons (Fsp3) is 0.875. The van der Waals surface area contributed by atoms with Crippen LogP contribution in [0.15, 0.2) is 0 Å². The fourth-order valence-electron chi connectivity index (χ4n) is 0.868. The molecule has 0 unspecified atom stereocenters. The standard InChI is InChI=1S/C8H15ClS/c1-2-3-4-5-6-7-8(9)10/h2-7H2,1H3. The van der Waals surface area contributed by atoms with Crippen LogP contribution in [0.3, 0.4) is 0 Å². The van der Waals surface area contributed by atoms with Gasteiger partial charge in [0, 0.05) is 0 Å². The second kappa shape index (κ2) is 7.49. The second-order valence-electron chi connectivity index (χ2n) is 2.52. The van der Waals surface area contributed by atoms with E-state index >= 15 is 0 Å². The molecular weight excluding hydrogens is 164 g/mol. The number of unbranched alkanes of at least 4 members (excludes halogenated alkanes) is 4. The monoisotopic (exact) mass is 178 g/mol. The molecule has 0 aliphatic carbocycles. The highest BCUT2D eigenvalue weighted by Gasteiger charge is 1.91. The molecule has 0 saturated heterocycles. The predicted molar refractivity (Wildman–Crippen MR) is 51.8 cm³/mol. The first kappa shape index (κ1) is 10.4. The van der Waals surface area contributed by atoms with Gasteiger partial charge in [0.25, 0.3) is 0 Å². The number of halogens is 1. The van der Waals surface area contributed by atoms with Crippen LogP contribution in [-0.2, 0) is 0 Å². The number of hydrogen-bond acceptors (Lipinski definition) is 1. The van der Waals surface area contributed by atoms with Crippen molar-refractivity contribution in [1.29, 1.82) is 0 Å². The third-order valence-corrected chi connectivity index (χ3v) is 1.87. The van der Waals surface area contributed by atoms with Crippen molar-refractivity contribution in [2.75, 3.05) is 0 Å². The van der Waals surface area contributed by atoms with E-state index in [-0.39, 0.29) is 0 Å². The van der Waals surface area contributed by atoms with Gasteiger partial charge in [-0.1, -0.05) is 56.4 Å². The minimum atomic E-state index is 0.636. The van der Waals surface area contributed by atoms with Crippen LogP contribution in [0.4, 0.5) is 0 Å². The molecule has 0 rings (SSSR count). The molecule has 0 spiro atoms. The van der Waals surface area contributed by atoms with E-state index in [1.807, 2.05) is 0 Å². The summed E-state index contributed by atoms with van der Waals surface area (Å²) in [6.45, 7) is 2.21. The normalized spacial score (nSPS) is 9.80. The average Bonchev–Trinajstić information content (AvgIpc) is 1.87. The van der Waals surface area contributed by atoms with Crippen molar-refractivity contribution in [3.05, 3.63) is 0 Å². The summed E-state index contributed by atoms with van der Waals surface area (Å²) in [5.41, 5.74) is 0. The minimum absolute atomic E-state index is 0.636. The van der Waals surface area contributed by atoms with Gasteiger partial charge in [-0.05, 0) is 12.8 Å². The molecule has 0 heterocycles. The molecule has 0 aromatic rings. The van der Waals surface area contributed by atoms with E-state index in [4.69, 9.17) is 23.8 Å². The van der Waals surface area contributed by atoms with E-state index in [1.54, 1.807) is 0 Å². The van der Waals surface area contributed by atoms with Crippen LogP contribution in [0.2, 0.25) is 0 Å². The smallest absolute Gasteiger partial charge is 0.0765 e. The van der Waals surface area contributed by atoms with Crippen LogP contribution in [0.25, 0.3) is 0 Å². The molecule has 0 fully saturated rings. The molecule has 0 atom stereocenters. The second-order valence-corrected chi connectivity index (χ2v) is 3.69. The number of hydrogen-bond donors (Lipinski definition) is 0. The first-order valence-electron chi connectivity index (χ1n) is 3.95. The molecule has 0 saturated carbocycles. The van der Waals surface area contributed by atoms with E-state index in [2.05, 4.69) is 6.92 Å². The Balaban J connectivity index is 2.84. The molecule has 0 aliphatic rings. The molecule has 2 heteroatoms. The van der Waals surface area contributed by atoms with Gasteiger partial charge in [-0.2, -0.15) is 0 Å². The molecule has 0 aliphatic heterocycles. The highest BCUT2D eigenvalue weighted by Crippen LogP contribution is 2.06. The Bertz CT molecular complexity index is 91.3. The molecule has 0 bridgehead atoms. The van der Waals surface area contributed by atoms with E-state index in [0.717, 1.165) is 6.42 Å². The lowest BCUT2D eigenvalue weighted by Crippen LogP contribution is -1.83. The average molecular weight is 179 g/mol. The van der Waals surface area contributed by atoms with Gasteiger partial charge in [0.05, 0.1) is 4.32 Å². The summed E-state index contributed by atoms with van der Waals surface area (Å²) >= 11 is 10.3. The number of rotatable bonds is 6. The maximum Gasteiger partial charge on any atom is 0.0808 e. The fourth-order valence-corrected chi connectivity index (χ4v) is 1.15. The highest BCUT2D eigenvalue weighted by molar-refractivity contribution is 7.83. The summed E-state index contributed by atoms with van der Waals surface area (Å²) < 4.78 is 0.636. The van der Waals surface area contributed by atoms with Crippen LogP contribution >= 0.6 is 23.8 Å². The Hall–Kier alpha value is 0.380. The third kappa shape index (κ3) is 8.38. The lowest BCUT2D eigenvalue weighted by molar-refractivity contribution is 0.645. The first-order valence-corrected chi connectivity index (χ1v) is 4.74. The largest absolute Gasteiger partial charge is 0.0808 e. The summed E-state index contributed by atoms with van der Waals surface area (Å²) in [6.07, 6.45) is 7.33. The summed E-state index contributed by atoms with van der Waals surface area (Å²) in [5.74, 6) is 0. The Morgan fingerprint density at radius 2 is 1.80 bits per heavy atom. The molecule has 10 heavy (non-hydrogen) atoms. The van der Waals surface area contributed by atoms with Crippen molar-refractivity contribution in [2.45, 2.75) is 45.4 Å². The van der Waals surface area contributed by atoms with Gasteiger partial charge in [-0.3, -0.25) is 0 Å². The van der Waals surface area contributed by atoms with Gasteiger partial charge in [0.1, 0.15) is 0 Å². The van der Waals surface area contributed by atoms with Gasteiger partial charge in [-0.25, -0.2) is 0 Å². The van der Waals surface area contributed by atoms with Crippen LogP contribution < -0.4 is 0 Å². The van der Waals surface area contributed by atoms with Gasteiger partial charge in [0.2, 0.25) is 0 Å². The van der Waals surface area contributed by atoms with Crippen LogP contribution in [0.1, 0.15) is 45.4 Å². The van der Waals surface area contributed by atoms with Crippen LogP contribution in [-0.4, -0.2) is 4.32 Å². The first-order chi connectivity index (χ1) is 4.77. The van der Waals surface area contributed by atoms with Crippen molar-refractivity contribution in [1.82, 2.24) is 0 Å². The summed E-state index contributed by atoms with van der Waals surface area (Å²) in [4.78, 5) is 0. The molecular formula is C8H15ClS. The third-order valence-electron chi connectivity index (χ3n) is 1.48. The Morgan fingerprint density at radius 3 is 2.30 bits per heavy atom. The minimum Gasteiger partial charge on any atom is -0.0765 e. The zero-order valence-corrected chi connectivity index (χ0v) is 8.10. The lowest BCUT2D eigenvalue weighted by Gasteiger charge is -1.96. The van der Waals surface area contributed by atoms with E-state index < -0.39 is 0 Å². The topological polar surface area (TPSA) is 0 Å². The lowest BCUT2D eigenvalue weighted by atomic mass is 10.1. The number of thiocarbonyl (C=S) groups is 1. The van der Waals surface area contributed by atoms with E-state index in [9.17, 15) is 0 Å². The zero-order valence-electron chi connectivity index (χ0n) is 6.53. The van der Waals surface area contributed by atoms with Gasteiger partial charge in [0.15, 0.2) is 0 Å². The van der Waals surface area contributed by atoms with Crippen molar-refractivity contribution in [2.24, 2.45) is 0 Å². The van der Waals surface area contributed by atoms with Crippen LogP contribution in [0.5, 0.6) is 0 Å². The molecule has 0 aromatic heterocycles. The Morgan fingerprint density at radius 1 is 1.20 bits per heavy atom. The van der Waals surface area contributed by atoms with E-state index in [1.165, 1.54) is 32.1 Å². The van der Waals surface area contributed by atoms with E-state index in [0.29, 0.717) is 4.32 Å².